The Hall–Kier alpha value is -5.64. The lowest BCUT2D eigenvalue weighted by Crippen LogP contribution is -2.07. The van der Waals surface area contributed by atoms with Crippen LogP contribution in [0.15, 0.2) is 107 Å². The molecule has 0 aliphatic rings. The second-order valence-electron chi connectivity index (χ2n) is 11.0. The molecule has 0 heterocycles. The first-order valence-corrected chi connectivity index (χ1v) is 15.8. The van der Waals surface area contributed by atoms with Crippen molar-refractivity contribution in [3.63, 3.8) is 0 Å². The van der Waals surface area contributed by atoms with Crippen LogP contribution < -0.4 is 9.47 Å². The SMILES string of the molecule is COc1ccc(O)c(C(CCCCCCCCC(=NOC(=O)c2ccccc2)c2cc(OC)ccc2O)=NOC(=O)c2ccccc2)c1. The summed E-state index contributed by atoms with van der Waals surface area (Å²) in [7, 11) is 3.07. The van der Waals surface area contributed by atoms with Crippen molar-refractivity contribution in [3.05, 3.63) is 119 Å². The number of hydrogen-bond acceptors (Lipinski definition) is 10. The van der Waals surface area contributed by atoms with Crippen molar-refractivity contribution in [2.24, 2.45) is 10.3 Å². The Labute approximate surface area is 280 Å². The molecule has 0 amide bonds. The van der Waals surface area contributed by atoms with Gasteiger partial charge < -0.3 is 29.4 Å². The van der Waals surface area contributed by atoms with E-state index < -0.39 is 11.9 Å². The van der Waals surface area contributed by atoms with Crippen molar-refractivity contribution in [3.8, 4) is 23.0 Å². The summed E-state index contributed by atoms with van der Waals surface area (Å²) in [5.74, 6) is -0.0561. The number of phenols is 2. The number of oxime groups is 2. The maximum atomic E-state index is 12.5. The number of benzene rings is 4. The second kappa shape index (κ2) is 18.5. The van der Waals surface area contributed by atoms with E-state index in [1.54, 1.807) is 72.8 Å². The van der Waals surface area contributed by atoms with Gasteiger partial charge in [-0.1, -0.05) is 72.4 Å². The lowest BCUT2D eigenvalue weighted by Gasteiger charge is -2.11. The monoisotopic (exact) mass is 652 g/mol. The molecule has 0 radical (unpaired) electrons. The van der Waals surface area contributed by atoms with Crippen LogP contribution >= 0.6 is 0 Å². The minimum absolute atomic E-state index is 0.0132. The molecule has 0 saturated heterocycles. The zero-order valence-corrected chi connectivity index (χ0v) is 27.1. The van der Waals surface area contributed by atoms with Gasteiger partial charge in [0.1, 0.15) is 23.0 Å². The number of carbonyl (C=O) groups is 2. The fraction of sp³-hybridized carbons (Fsp3) is 0.263. The number of phenolic OH excluding ortho intramolecular Hbond substituents is 2. The summed E-state index contributed by atoms with van der Waals surface area (Å²) in [4.78, 5) is 35.6. The Bertz CT molecular complexity index is 1580. The molecule has 0 atom stereocenters. The van der Waals surface area contributed by atoms with Crippen LogP contribution in [0.3, 0.4) is 0 Å². The first-order valence-electron chi connectivity index (χ1n) is 15.8. The molecule has 250 valence electrons. The van der Waals surface area contributed by atoms with Crippen molar-refractivity contribution in [1.29, 1.82) is 0 Å². The highest BCUT2D eigenvalue weighted by atomic mass is 16.7. The predicted octanol–water partition coefficient (Wildman–Crippen LogP) is 8.06. The first kappa shape index (κ1) is 35.2. The van der Waals surface area contributed by atoms with Crippen LogP contribution in [0.1, 0.15) is 83.2 Å². The van der Waals surface area contributed by atoms with E-state index in [4.69, 9.17) is 19.1 Å². The van der Waals surface area contributed by atoms with Gasteiger partial charge in [-0.25, -0.2) is 9.59 Å². The fourth-order valence-corrected chi connectivity index (χ4v) is 4.94. The number of ether oxygens (including phenoxy) is 2. The second-order valence-corrected chi connectivity index (χ2v) is 11.0. The average molecular weight is 653 g/mol. The molecule has 10 nitrogen and oxygen atoms in total. The zero-order chi connectivity index (χ0) is 34.1. The summed E-state index contributed by atoms with van der Waals surface area (Å²) >= 11 is 0. The smallest absolute Gasteiger partial charge is 0.365 e. The Kier molecular flexibility index (Phi) is 13.6. The number of methoxy groups -OCH3 is 2. The number of carbonyl (C=O) groups excluding carboxylic acids is 2. The molecule has 0 unspecified atom stereocenters. The molecule has 4 aromatic rings. The van der Waals surface area contributed by atoms with Crippen LogP contribution in [0.25, 0.3) is 0 Å². The highest BCUT2D eigenvalue weighted by Crippen LogP contribution is 2.27. The summed E-state index contributed by atoms with van der Waals surface area (Å²) in [6.07, 6.45) is 6.06. The van der Waals surface area contributed by atoms with E-state index in [0.717, 1.165) is 38.5 Å². The first-order chi connectivity index (χ1) is 23.4. The van der Waals surface area contributed by atoms with E-state index in [9.17, 15) is 19.8 Å². The van der Waals surface area contributed by atoms with Gasteiger partial charge in [-0.15, -0.1) is 0 Å². The molecule has 0 saturated carbocycles. The highest BCUT2D eigenvalue weighted by Gasteiger charge is 2.16. The van der Waals surface area contributed by atoms with Gasteiger partial charge in [0.15, 0.2) is 0 Å². The molecule has 4 aromatic carbocycles. The van der Waals surface area contributed by atoms with Crippen LogP contribution in [0.5, 0.6) is 23.0 Å². The lowest BCUT2D eigenvalue weighted by atomic mass is 10.00. The Morgan fingerprint density at radius 1 is 0.542 bits per heavy atom. The number of unbranched alkanes of at least 4 members (excludes halogenated alkanes) is 5. The van der Waals surface area contributed by atoms with Gasteiger partial charge in [-0.2, -0.15) is 0 Å². The molecule has 2 N–H and O–H groups in total. The Balaban J connectivity index is 1.32. The van der Waals surface area contributed by atoms with Crippen molar-refractivity contribution < 1.29 is 39.0 Å². The van der Waals surface area contributed by atoms with Gasteiger partial charge in [0.25, 0.3) is 0 Å². The molecule has 0 aromatic heterocycles. The molecule has 0 spiro atoms. The summed E-state index contributed by atoms with van der Waals surface area (Å²) in [6.45, 7) is 0. The minimum atomic E-state index is -0.588. The minimum Gasteiger partial charge on any atom is -0.507 e. The summed E-state index contributed by atoms with van der Waals surface area (Å²) in [5.41, 5.74) is 2.52. The zero-order valence-electron chi connectivity index (χ0n) is 27.1. The van der Waals surface area contributed by atoms with Gasteiger partial charge in [-0.3, -0.25) is 0 Å². The van der Waals surface area contributed by atoms with Crippen LogP contribution in [0.4, 0.5) is 0 Å². The van der Waals surface area contributed by atoms with Crippen LogP contribution in [-0.4, -0.2) is 47.8 Å². The van der Waals surface area contributed by atoms with E-state index in [1.807, 2.05) is 12.1 Å². The maximum Gasteiger partial charge on any atom is 0.365 e. The third-order valence-corrected chi connectivity index (χ3v) is 7.60. The topological polar surface area (TPSA) is 136 Å². The molecular formula is C38H40N2O8. The van der Waals surface area contributed by atoms with Crippen molar-refractivity contribution in [1.82, 2.24) is 0 Å². The largest absolute Gasteiger partial charge is 0.507 e. The van der Waals surface area contributed by atoms with Crippen LogP contribution in [0.2, 0.25) is 0 Å². The van der Waals surface area contributed by atoms with Gasteiger partial charge in [-0.05, 0) is 86.3 Å². The van der Waals surface area contributed by atoms with Gasteiger partial charge in [0.2, 0.25) is 0 Å². The third kappa shape index (κ3) is 10.4. The fourth-order valence-electron chi connectivity index (χ4n) is 4.94. The van der Waals surface area contributed by atoms with Gasteiger partial charge in [0.05, 0.1) is 36.8 Å². The normalized spacial score (nSPS) is 11.5. The summed E-state index contributed by atoms with van der Waals surface area (Å²) < 4.78 is 10.6. The predicted molar refractivity (Wildman–Crippen MR) is 183 cm³/mol. The van der Waals surface area contributed by atoms with Crippen LogP contribution in [0, 0.1) is 0 Å². The molecule has 48 heavy (non-hydrogen) atoms. The van der Waals surface area contributed by atoms with Crippen molar-refractivity contribution >= 4 is 23.4 Å². The van der Waals surface area contributed by atoms with Gasteiger partial charge in [0, 0.05) is 11.1 Å². The Morgan fingerprint density at radius 3 is 1.29 bits per heavy atom. The third-order valence-electron chi connectivity index (χ3n) is 7.60. The standard InChI is InChI=1S/C38H40N2O8/c1-45-29-21-23-35(41)31(25-29)33(39-47-37(43)27-15-9-7-10-16-27)19-13-5-3-4-6-14-20-34(32-26-30(46-2)22-24-36(32)42)40-48-38(44)28-17-11-8-12-18-28/h7-12,15-18,21-26,41-42H,3-6,13-14,19-20H2,1-2H3. The molecule has 4 rings (SSSR count). The molecule has 0 aliphatic heterocycles. The van der Waals surface area contributed by atoms with Crippen molar-refractivity contribution in [2.75, 3.05) is 14.2 Å². The Morgan fingerprint density at radius 2 is 0.917 bits per heavy atom. The molecule has 0 aliphatic carbocycles. The van der Waals surface area contributed by atoms with E-state index in [1.165, 1.54) is 26.4 Å². The molecule has 0 bridgehead atoms. The number of aromatic hydroxyl groups is 2. The van der Waals surface area contributed by atoms with Crippen LogP contribution in [-0.2, 0) is 9.68 Å². The molecule has 10 heteroatoms. The van der Waals surface area contributed by atoms with E-state index in [-0.39, 0.29) is 11.5 Å². The van der Waals surface area contributed by atoms with Gasteiger partial charge >= 0.3 is 11.9 Å². The quantitative estimate of drug-likeness (QED) is 0.0506. The number of nitrogens with zero attached hydrogens (tertiary/aromatic N) is 2. The van der Waals surface area contributed by atoms with E-state index in [2.05, 4.69) is 10.3 Å². The average Bonchev–Trinajstić information content (AvgIpc) is 3.13. The summed E-state index contributed by atoms with van der Waals surface area (Å²) in [5, 5.41) is 29.4. The number of rotatable bonds is 17. The molecular weight excluding hydrogens is 612 g/mol. The van der Waals surface area contributed by atoms with E-state index in [0.29, 0.717) is 58.0 Å². The number of hydrogen-bond donors (Lipinski definition) is 2. The van der Waals surface area contributed by atoms with Crippen molar-refractivity contribution in [2.45, 2.75) is 51.4 Å². The summed E-state index contributed by atoms with van der Waals surface area (Å²) in [6, 6.07) is 26.8. The highest BCUT2D eigenvalue weighted by molar-refractivity contribution is 6.04. The molecule has 0 fully saturated rings. The maximum absolute atomic E-state index is 12.5. The lowest BCUT2D eigenvalue weighted by molar-refractivity contribution is 0.0507. The van der Waals surface area contributed by atoms with E-state index >= 15 is 0 Å².